The third-order valence-corrected chi connectivity index (χ3v) is 4.18. The molecule has 0 atom stereocenters. The first-order valence-corrected chi connectivity index (χ1v) is 7.70. The molecule has 0 saturated carbocycles. The van der Waals surface area contributed by atoms with Crippen LogP contribution in [0, 0.1) is 0 Å². The summed E-state index contributed by atoms with van der Waals surface area (Å²) in [4.78, 5) is 15.8. The number of hydrogen-bond donors (Lipinski definition) is 2. The van der Waals surface area contributed by atoms with Gasteiger partial charge in [0.05, 0.1) is 27.3 Å². The van der Waals surface area contributed by atoms with Crippen molar-refractivity contribution in [3.05, 3.63) is 39.8 Å². The van der Waals surface area contributed by atoms with E-state index in [-0.39, 0.29) is 15.6 Å². The summed E-state index contributed by atoms with van der Waals surface area (Å²) in [6.07, 6.45) is 1.40. The van der Waals surface area contributed by atoms with Crippen LogP contribution in [0.3, 0.4) is 0 Å². The normalized spacial score (nSPS) is 11.3. The molecule has 0 fully saturated rings. The Labute approximate surface area is 118 Å². The van der Waals surface area contributed by atoms with Gasteiger partial charge in [-0.1, -0.05) is 11.6 Å². The molecule has 1 amide bonds. The predicted octanol–water partition coefficient (Wildman–Crippen LogP) is 1.70. The summed E-state index contributed by atoms with van der Waals surface area (Å²) in [6.45, 7) is 0. The Morgan fingerprint density at radius 1 is 1.42 bits per heavy atom. The second kappa shape index (κ2) is 5.25. The van der Waals surface area contributed by atoms with Gasteiger partial charge >= 0.3 is 0 Å². The molecule has 6 nitrogen and oxygen atoms in total. The zero-order chi connectivity index (χ0) is 14.0. The fourth-order valence-corrected chi connectivity index (χ4v) is 2.51. The molecular weight excluding hydrogens is 310 g/mol. The lowest BCUT2D eigenvalue weighted by atomic mass is 10.3. The highest BCUT2D eigenvalue weighted by Crippen LogP contribution is 2.25. The number of primary sulfonamides is 1. The van der Waals surface area contributed by atoms with E-state index in [1.807, 2.05) is 0 Å². The molecule has 0 aliphatic rings. The first kappa shape index (κ1) is 13.9. The van der Waals surface area contributed by atoms with Gasteiger partial charge in [0, 0.05) is 0 Å². The van der Waals surface area contributed by atoms with E-state index in [1.165, 1.54) is 29.9 Å². The third-order valence-electron chi connectivity index (χ3n) is 2.17. The summed E-state index contributed by atoms with van der Waals surface area (Å²) in [5.74, 6) is -0.420. The fraction of sp³-hybridized carbons (Fsp3) is 0. The number of halogens is 1. The minimum Gasteiger partial charge on any atom is -0.320 e. The van der Waals surface area contributed by atoms with Crippen LogP contribution in [0.25, 0.3) is 0 Å². The Bertz CT molecular complexity index is 714. The molecule has 3 N–H and O–H groups in total. The summed E-state index contributed by atoms with van der Waals surface area (Å²) < 4.78 is 22.4. The van der Waals surface area contributed by atoms with Gasteiger partial charge in [0.25, 0.3) is 5.91 Å². The quantitative estimate of drug-likeness (QED) is 0.899. The fourth-order valence-electron chi connectivity index (χ4n) is 1.29. The van der Waals surface area contributed by atoms with E-state index in [1.54, 1.807) is 0 Å². The van der Waals surface area contributed by atoms with E-state index in [0.717, 1.165) is 11.3 Å². The molecule has 100 valence electrons. The van der Waals surface area contributed by atoms with Gasteiger partial charge in [-0.15, -0.1) is 11.3 Å². The lowest BCUT2D eigenvalue weighted by Crippen LogP contribution is -2.14. The lowest BCUT2D eigenvalue weighted by Gasteiger charge is -2.07. The molecule has 0 aliphatic heterocycles. The van der Waals surface area contributed by atoms with Crippen molar-refractivity contribution in [2.45, 2.75) is 4.90 Å². The maximum Gasteiger partial charge on any atom is 0.267 e. The number of carbonyl (C=O) groups excluding carboxylic acids is 1. The van der Waals surface area contributed by atoms with Gasteiger partial charge in [-0.3, -0.25) is 9.78 Å². The number of benzene rings is 1. The number of rotatable bonds is 3. The number of aromatic nitrogens is 1. The van der Waals surface area contributed by atoms with Crippen LogP contribution in [0.15, 0.2) is 34.8 Å². The second-order valence-corrected chi connectivity index (χ2v) is 6.36. The molecule has 9 heteroatoms. The monoisotopic (exact) mass is 317 g/mol. The minimum absolute atomic E-state index is 0.128. The standard InChI is InChI=1S/C10H8ClN3O3S2/c11-7-2-1-6(19(12,16)17)3-8(7)14-10(15)9-4-13-5-18-9/h1-5H,(H,14,15)(H2,12,16,17). The van der Waals surface area contributed by atoms with E-state index in [9.17, 15) is 13.2 Å². The summed E-state index contributed by atoms with van der Waals surface area (Å²) in [5, 5.41) is 7.73. The van der Waals surface area contributed by atoms with Gasteiger partial charge in [0.15, 0.2) is 0 Å². The molecule has 1 aromatic heterocycles. The van der Waals surface area contributed by atoms with Crippen molar-refractivity contribution >= 4 is 44.6 Å². The molecule has 1 aromatic carbocycles. The number of nitrogens with two attached hydrogens (primary N) is 1. The lowest BCUT2D eigenvalue weighted by molar-refractivity contribution is 0.103. The summed E-state index contributed by atoms with van der Waals surface area (Å²) >= 11 is 7.05. The molecular formula is C10H8ClN3O3S2. The summed E-state index contributed by atoms with van der Waals surface area (Å²) in [6, 6.07) is 3.82. The number of sulfonamides is 1. The van der Waals surface area contributed by atoms with Crippen molar-refractivity contribution in [3.8, 4) is 0 Å². The molecule has 2 aromatic rings. The molecule has 0 bridgehead atoms. The van der Waals surface area contributed by atoms with Crippen LogP contribution in [-0.2, 0) is 10.0 Å². The number of nitrogens with one attached hydrogen (secondary N) is 1. The first-order valence-electron chi connectivity index (χ1n) is 4.90. The van der Waals surface area contributed by atoms with Crippen LogP contribution in [0.2, 0.25) is 5.02 Å². The van der Waals surface area contributed by atoms with Crippen molar-refractivity contribution < 1.29 is 13.2 Å². The molecule has 0 saturated heterocycles. The van der Waals surface area contributed by atoms with Crippen molar-refractivity contribution in [1.29, 1.82) is 0 Å². The zero-order valence-corrected chi connectivity index (χ0v) is 11.7. The average molecular weight is 318 g/mol. The Kier molecular flexibility index (Phi) is 3.85. The highest BCUT2D eigenvalue weighted by Gasteiger charge is 2.14. The molecule has 0 aliphatic carbocycles. The van der Waals surface area contributed by atoms with E-state index >= 15 is 0 Å². The molecule has 2 rings (SSSR count). The number of nitrogens with zero attached hydrogens (tertiary/aromatic N) is 1. The predicted molar refractivity (Wildman–Crippen MR) is 72.9 cm³/mol. The van der Waals surface area contributed by atoms with Gasteiger partial charge in [0.2, 0.25) is 10.0 Å². The van der Waals surface area contributed by atoms with Crippen LogP contribution in [0.1, 0.15) is 9.67 Å². The van der Waals surface area contributed by atoms with Crippen molar-refractivity contribution in [3.63, 3.8) is 0 Å². The van der Waals surface area contributed by atoms with E-state index in [2.05, 4.69) is 10.3 Å². The number of hydrogen-bond acceptors (Lipinski definition) is 5. The van der Waals surface area contributed by atoms with Gasteiger partial charge < -0.3 is 5.32 Å². The second-order valence-electron chi connectivity index (χ2n) is 3.51. The van der Waals surface area contributed by atoms with Crippen LogP contribution < -0.4 is 10.5 Å². The van der Waals surface area contributed by atoms with Gasteiger partial charge in [-0.05, 0) is 18.2 Å². The van der Waals surface area contributed by atoms with Crippen molar-refractivity contribution in [1.82, 2.24) is 4.98 Å². The molecule has 19 heavy (non-hydrogen) atoms. The maximum atomic E-state index is 11.8. The smallest absolute Gasteiger partial charge is 0.267 e. The Morgan fingerprint density at radius 3 is 2.74 bits per heavy atom. The van der Waals surface area contributed by atoms with Crippen LogP contribution in [0.5, 0.6) is 0 Å². The van der Waals surface area contributed by atoms with Crippen molar-refractivity contribution in [2.24, 2.45) is 5.14 Å². The number of thiazole rings is 1. The Morgan fingerprint density at radius 2 is 2.16 bits per heavy atom. The first-order chi connectivity index (χ1) is 8.88. The highest BCUT2D eigenvalue weighted by molar-refractivity contribution is 7.89. The van der Waals surface area contributed by atoms with Crippen LogP contribution in [0.4, 0.5) is 5.69 Å². The largest absolute Gasteiger partial charge is 0.320 e. The third kappa shape index (κ3) is 3.29. The number of carbonyl (C=O) groups is 1. The van der Waals surface area contributed by atoms with Crippen LogP contribution >= 0.6 is 22.9 Å². The summed E-state index contributed by atoms with van der Waals surface area (Å²) in [5.41, 5.74) is 1.68. The minimum atomic E-state index is -3.85. The molecule has 1 heterocycles. The molecule has 0 radical (unpaired) electrons. The summed E-state index contributed by atoms with van der Waals surface area (Å²) in [7, 11) is -3.85. The molecule has 0 spiro atoms. The topological polar surface area (TPSA) is 102 Å². The number of anilines is 1. The average Bonchev–Trinajstić information content (AvgIpc) is 2.84. The maximum absolute atomic E-state index is 11.8. The Balaban J connectivity index is 2.32. The molecule has 0 unspecified atom stereocenters. The van der Waals surface area contributed by atoms with E-state index in [0.29, 0.717) is 4.88 Å². The van der Waals surface area contributed by atoms with Gasteiger partial charge in [-0.2, -0.15) is 0 Å². The SMILES string of the molecule is NS(=O)(=O)c1ccc(Cl)c(NC(=O)c2cncs2)c1. The zero-order valence-electron chi connectivity index (χ0n) is 9.33. The van der Waals surface area contributed by atoms with Gasteiger partial charge in [0.1, 0.15) is 4.88 Å². The van der Waals surface area contributed by atoms with E-state index < -0.39 is 15.9 Å². The van der Waals surface area contributed by atoms with Crippen LogP contribution in [-0.4, -0.2) is 19.3 Å². The number of amides is 1. The van der Waals surface area contributed by atoms with Gasteiger partial charge in [-0.25, -0.2) is 13.6 Å². The highest BCUT2D eigenvalue weighted by atomic mass is 35.5. The Hall–Kier alpha value is -1.48. The van der Waals surface area contributed by atoms with Crippen molar-refractivity contribution in [2.75, 3.05) is 5.32 Å². The van der Waals surface area contributed by atoms with E-state index in [4.69, 9.17) is 16.7 Å².